The Morgan fingerprint density at radius 1 is 1.00 bits per heavy atom. The average molecular weight is 413 g/mol. The van der Waals surface area contributed by atoms with E-state index in [1.54, 1.807) is 24.3 Å². The lowest BCUT2D eigenvalue weighted by Crippen LogP contribution is -2.30. The van der Waals surface area contributed by atoms with E-state index >= 15 is 0 Å². The van der Waals surface area contributed by atoms with Crippen molar-refractivity contribution in [2.24, 2.45) is 0 Å². The number of nitrogens with zero attached hydrogens (tertiary/aromatic N) is 3. The monoisotopic (exact) mass is 413 g/mol. The zero-order valence-electron chi connectivity index (χ0n) is 17.6. The van der Waals surface area contributed by atoms with Crippen molar-refractivity contribution in [1.82, 2.24) is 10.2 Å². The molecule has 1 aliphatic heterocycles. The van der Waals surface area contributed by atoms with Crippen LogP contribution in [0.15, 0.2) is 72.4 Å². The summed E-state index contributed by atoms with van der Waals surface area (Å²) in [6, 6.07) is 17.4. The van der Waals surface area contributed by atoms with Gasteiger partial charge >= 0.3 is 5.91 Å². The van der Waals surface area contributed by atoms with E-state index in [0.717, 1.165) is 11.1 Å². The Labute approximate surface area is 180 Å². The topological polar surface area (TPSA) is 83.4 Å². The van der Waals surface area contributed by atoms with Gasteiger partial charge in [0.2, 0.25) is 0 Å². The Balaban J connectivity index is 1.91. The van der Waals surface area contributed by atoms with Gasteiger partial charge in [-0.05, 0) is 36.1 Å². The maximum Gasteiger partial charge on any atom is 0.301 e. The molecule has 0 aliphatic carbocycles. The van der Waals surface area contributed by atoms with Crippen LogP contribution in [0.2, 0.25) is 0 Å². The third-order valence-electron chi connectivity index (χ3n) is 5.49. The van der Waals surface area contributed by atoms with E-state index in [-0.39, 0.29) is 17.2 Å². The molecule has 2 aromatic carbocycles. The second-order valence-electron chi connectivity index (χ2n) is 7.94. The third kappa shape index (κ3) is 3.72. The molecule has 0 saturated carbocycles. The van der Waals surface area contributed by atoms with Crippen LogP contribution < -0.4 is 4.90 Å². The summed E-state index contributed by atoms with van der Waals surface area (Å²) < 4.78 is 0. The van der Waals surface area contributed by atoms with E-state index in [4.69, 9.17) is 0 Å². The number of aliphatic hydroxyl groups is 1. The quantitative estimate of drug-likeness (QED) is 0.386. The molecule has 1 fully saturated rings. The fourth-order valence-corrected chi connectivity index (χ4v) is 3.74. The van der Waals surface area contributed by atoms with Crippen LogP contribution in [0.25, 0.3) is 5.76 Å². The smallest absolute Gasteiger partial charge is 0.301 e. The van der Waals surface area contributed by atoms with Crippen LogP contribution in [-0.2, 0) is 9.59 Å². The van der Waals surface area contributed by atoms with Crippen molar-refractivity contribution in [2.45, 2.75) is 32.7 Å². The number of hydrogen-bond acceptors (Lipinski definition) is 5. The molecule has 156 valence electrons. The first kappa shape index (κ1) is 20.5. The molecule has 3 aromatic rings. The Morgan fingerprint density at radius 3 is 2.26 bits per heavy atom. The summed E-state index contributed by atoms with van der Waals surface area (Å²) in [6.07, 6.45) is 1.50. The number of hydrogen-bond donors (Lipinski definition) is 1. The Bertz CT molecular complexity index is 1150. The number of carbonyl (C=O) groups excluding carboxylic acids is 2. The summed E-state index contributed by atoms with van der Waals surface area (Å²) in [6.45, 7) is 6.13. The number of ketones is 1. The van der Waals surface area contributed by atoms with Crippen LogP contribution >= 0.6 is 0 Å². The number of amides is 1. The summed E-state index contributed by atoms with van der Waals surface area (Å²) in [7, 11) is 0. The largest absolute Gasteiger partial charge is 0.507 e. The van der Waals surface area contributed by atoms with Gasteiger partial charge in [0, 0.05) is 11.8 Å². The van der Waals surface area contributed by atoms with Gasteiger partial charge in [0.1, 0.15) is 5.76 Å². The number of aromatic nitrogens is 2. The van der Waals surface area contributed by atoms with Gasteiger partial charge in [0.05, 0.1) is 11.6 Å². The van der Waals surface area contributed by atoms with Crippen LogP contribution in [0.3, 0.4) is 0 Å². The van der Waals surface area contributed by atoms with Gasteiger partial charge in [-0.2, -0.15) is 5.10 Å². The van der Waals surface area contributed by atoms with Crippen molar-refractivity contribution in [2.75, 3.05) is 4.90 Å². The van der Waals surface area contributed by atoms with Gasteiger partial charge in [-0.25, -0.2) is 0 Å². The SMILES string of the molecule is Cc1ccc(C(O)=C2C(=O)C(=O)N(c3cccnn3)C2c2ccc(C(C)C)cc2)cc1. The molecule has 2 heterocycles. The van der Waals surface area contributed by atoms with E-state index in [2.05, 4.69) is 24.0 Å². The summed E-state index contributed by atoms with van der Waals surface area (Å²) in [5.41, 5.74) is 3.39. The number of anilines is 1. The molecule has 6 heteroatoms. The second kappa shape index (κ2) is 8.14. The molecule has 0 radical (unpaired) electrons. The summed E-state index contributed by atoms with van der Waals surface area (Å²) in [4.78, 5) is 27.4. The maximum atomic E-state index is 13.1. The average Bonchev–Trinajstić information content (AvgIpc) is 3.05. The lowest BCUT2D eigenvalue weighted by atomic mass is 9.93. The first-order valence-electron chi connectivity index (χ1n) is 10.1. The lowest BCUT2D eigenvalue weighted by molar-refractivity contribution is -0.132. The Hall–Kier alpha value is -3.80. The van der Waals surface area contributed by atoms with Gasteiger partial charge < -0.3 is 5.11 Å². The number of aryl methyl sites for hydroxylation is 1. The number of rotatable bonds is 4. The summed E-state index contributed by atoms with van der Waals surface area (Å²) in [5, 5.41) is 19.0. The molecule has 1 unspecified atom stereocenters. The number of Topliss-reactive ketones (excluding diaryl/α,β-unsaturated/α-hetero) is 1. The molecule has 1 aromatic heterocycles. The molecule has 1 saturated heterocycles. The summed E-state index contributed by atoms with van der Waals surface area (Å²) in [5.74, 6) is -1.10. The predicted octanol–water partition coefficient (Wildman–Crippen LogP) is 4.53. The zero-order valence-corrected chi connectivity index (χ0v) is 17.6. The van der Waals surface area contributed by atoms with Crippen LogP contribution in [0.5, 0.6) is 0 Å². The normalized spacial score (nSPS) is 18.1. The fraction of sp³-hybridized carbons (Fsp3) is 0.200. The highest BCUT2D eigenvalue weighted by atomic mass is 16.3. The van der Waals surface area contributed by atoms with Crippen LogP contribution in [0.4, 0.5) is 5.82 Å². The van der Waals surface area contributed by atoms with E-state index in [1.807, 2.05) is 43.3 Å². The molecule has 6 nitrogen and oxygen atoms in total. The highest BCUT2D eigenvalue weighted by Gasteiger charge is 2.47. The maximum absolute atomic E-state index is 13.1. The second-order valence-corrected chi connectivity index (χ2v) is 7.94. The van der Waals surface area contributed by atoms with Crippen molar-refractivity contribution in [1.29, 1.82) is 0 Å². The van der Waals surface area contributed by atoms with Crippen molar-refractivity contribution < 1.29 is 14.7 Å². The molecule has 0 bridgehead atoms. The molecule has 1 atom stereocenters. The molecule has 4 rings (SSSR count). The molecule has 1 aliphatic rings. The zero-order chi connectivity index (χ0) is 22.1. The van der Waals surface area contributed by atoms with Crippen molar-refractivity contribution >= 4 is 23.3 Å². The van der Waals surface area contributed by atoms with Gasteiger partial charge in [-0.3, -0.25) is 14.5 Å². The first-order chi connectivity index (χ1) is 14.9. The standard InChI is InChI=1S/C25H23N3O3/c1-15(2)17-10-12-18(13-11-17)22-21(23(29)19-8-6-16(3)7-9-19)24(30)25(31)28(22)20-5-4-14-26-27-20/h4-15,22,29H,1-3H3. The Kier molecular flexibility index (Phi) is 5.38. The highest BCUT2D eigenvalue weighted by Crippen LogP contribution is 2.41. The minimum atomic E-state index is -0.806. The fourth-order valence-electron chi connectivity index (χ4n) is 3.74. The van der Waals surface area contributed by atoms with E-state index in [0.29, 0.717) is 17.0 Å². The number of benzene rings is 2. The highest BCUT2D eigenvalue weighted by molar-refractivity contribution is 6.51. The van der Waals surface area contributed by atoms with Crippen molar-refractivity contribution in [3.8, 4) is 0 Å². The molecule has 31 heavy (non-hydrogen) atoms. The molecule has 0 spiro atoms. The van der Waals surface area contributed by atoms with Gasteiger partial charge in [-0.15, -0.1) is 5.10 Å². The number of aliphatic hydroxyl groups excluding tert-OH is 1. The van der Waals surface area contributed by atoms with Gasteiger partial charge in [0.15, 0.2) is 5.82 Å². The van der Waals surface area contributed by atoms with E-state index in [9.17, 15) is 14.7 Å². The van der Waals surface area contributed by atoms with Crippen molar-refractivity contribution in [3.63, 3.8) is 0 Å². The first-order valence-corrected chi connectivity index (χ1v) is 10.1. The van der Waals surface area contributed by atoms with E-state index < -0.39 is 17.7 Å². The molecular weight excluding hydrogens is 390 g/mol. The molecular formula is C25H23N3O3. The molecule has 1 amide bonds. The predicted molar refractivity (Wildman–Crippen MR) is 119 cm³/mol. The third-order valence-corrected chi connectivity index (χ3v) is 5.49. The Morgan fingerprint density at radius 2 is 1.68 bits per heavy atom. The van der Waals surface area contributed by atoms with Crippen LogP contribution in [0, 0.1) is 6.92 Å². The van der Waals surface area contributed by atoms with E-state index in [1.165, 1.54) is 11.1 Å². The number of carbonyl (C=O) groups is 2. The van der Waals surface area contributed by atoms with Crippen molar-refractivity contribution in [3.05, 3.63) is 94.7 Å². The van der Waals surface area contributed by atoms with Gasteiger partial charge in [0.25, 0.3) is 5.78 Å². The summed E-state index contributed by atoms with van der Waals surface area (Å²) >= 11 is 0. The van der Waals surface area contributed by atoms with Crippen LogP contribution in [-0.4, -0.2) is 27.0 Å². The minimum Gasteiger partial charge on any atom is -0.507 e. The van der Waals surface area contributed by atoms with Gasteiger partial charge in [-0.1, -0.05) is 67.9 Å². The minimum absolute atomic E-state index is 0.0387. The lowest BCUT2D eigenvalue weighted by Gasteiger charge is -2.24. The molecule has 1 N–H and O–H groups in total. The van der Waals surface area contributed by atoms with Crippen LogP contribution in [0.1, 0.15) is 48.1 Å².